The molecule has 0 bridgehead atoms. The van der Waals surface area contributed by atoms with Crippen LogP contribution in [0.4, 0.5) is 5.69 Å². The van der Waals surface area contributed by atoms with Gasteiger partial charge in [0.15, 0.2) is 0 Å². The van der Waals surface area contributed by atoms with Crippen LogP contribution in [0.2, 0.25) is 0 Å². The Morgan fingerprint density at radius 3 is 2.80 bits per heavy atom. The van der Waals surface area contributed by atoms with Crippen molar-refractivity contribution in [3.8, 4) is 0 Å². The standard InChI is InChI=1S/C12H10N2O4S2/c15-9(5-8-10(16)14-12(19)20-8)13-7-3-1-2-6(4-7)11(17)18/h1-4,8H,5H2,(H,13,15)(H,17,18)(H,14,16,19)/t8-/m1/s1. The molecule has 1 fully saturated rings. The van der Waals surface area contributed by atoms with Gasteiger partial charge in [-0.1, -0.05) is 30.0 Å². The number of rotatable bonds is 4. The predicted molar refractivity (Wildman–Crippen MR) is 78.8 cm³/mol. The van der Waals surface area contributed by atoms with Crippen LogP contribution in [-0.4, -0.2) is 32.5 Å². The second-order valence-corrected chi connectivity index (χ2v) is 5.90. The molecule has 0 unspecified atom stereocenters. The molecular formula is C12H10N2O4S2. The number of carboxylic acid groups (broad SMARTS) is 1. The molecule has 8 heteroatoms. The highest BCUT2D eigenvalue weighted by Gasteiger charge is 2.30. The summed E-state index contributed by atoms with van der Waals surface area (Å²) in [6, 6.07) is 5.89. The average molecular weight is 310 g/mol. The molecule has 0 radical (unpaired) electrons. The summed E-state index contributed by atoms with van der Waals surface area (Å²) >= 11 is 5.97. The fraction of sp³-hybridized carbons (Fsp3) is 0.167. The number of carbonyl (C=O) groups is 3. The van der Waals surface area contributed by atoms with Gasteiger partial charge in [0.05, 0.1) is 10.8 Å². The Labute approximate surface area is 123 Å². The second-order valence-electron chi connectivity index (χ2n) is 4.02. The van der Waals surface area contributed by atoms with Crippen LogP contribution in [0.25, 0.3) is 0 Å². The summed E-state index contributed by atoms with van der Waals surface area (Å²) < 4.78 is 0.362. The summed E-state index contributed by atoms with van der Waals surface area (Å²) in [7, 11) is 0. The lowest BCUT2D eigenvalue weighted by atomic mass is 10.2. The normalized spacial score (nSPS) is 17.7. The third kappa shape index (κ3) is 3.55. The van der Waals surface area contributed by atoms with E-state index >= 15 is 0 Å². The molecular weight excluding hydrogens is 300 g/mol. The Bertz CT molecular complexity index is 603. The Kier molecular flexibility index (Phi) is 4.35. The van der Waals surface area contributed by atoms with Crippen LogP contribution < -0.4 is 10.6 Å². The molecule has 20 heavy (non-hydrogen) atoms. The molecule has 104 valence electrons. The van der Waals surface area contributed by atoms with Crippen LogP contribution in [0.5, 0.6) is 0 Å². The highest BCUT2D eigenvalue weighted by Crippen LogP contribution is 2.22. The van der Waals surface area contributed by atoms with E-state index in [1.807, 2.05) is 0 Å². The minimum atomic E-state index is -1.07. The van der Waals surface area contributed by atoms with Gasteiger partial charge in [-0.15, -0.1) is 0 Å². The first kappa shape index (κ1) is 14.5. The molecule has 3 N–H and O–H groups in total. The van der Waals surface area contributed by atoms with Gasteiger partial charge in [0.2, 0.25) is 11.8 Å². The number of benzene rings is 1. The van der Waals surface area contributed by atoms with E-state index in [1.54, 1.807) is 6.07 Å². The quantitative estimate of drug-likeness (QED) is 0.724. The largest absolute Gasteiger partial charge is 0.478 e. The van der Waals surface area contributed by atoms with Crippen molar-refractivity contribution >= 4 is 51.8 Å². The fourth-order valence-corrected chi connectivity index (χ4v) is 2.91. The van der Waals surface area contributed by atoms with E-state index < -0.39 is 11.2 Å². The summed E-state index contributed by atoms with van der Waals surface area (Å²) in [6.07, 6.45) is -0.0199. The van der Waals surface area contributed by atoms with Crippen molar-refractivity contribution in [1.29, 1.82) is 0 Å². The molecule has 2 amide bonds. The number of hydrogen-bond donors (Lipinski definition) is 3. The summed E-state index contributed by atoms with van der Waals surface area (Å²) in [5, 5.41) is 13.3. The highest BCUT2D eigenvalue weighted by atomic mass is 32.2. The number of nitrogens with one attached hydrogen (secondary N) is 2. The summed E-state index contributed by atoms with van der Waals surface area (Å²) in [4.78, 5) is 34.1. The SMILES string of the molecule is O=C(C[C@H]1SC(=S)NC1=O)Nc1cccc(C(=O)O)c1. The molecule has 6 nitrogen and oxygen atoms in total. The van der Waals surface area contributed by atoms with Crippen molar-refractivity contribution in [2.24, 2.45) is 0 Å². The number of carbonyl (C=O) groups excluding carboxylic acids is 2. The van der Waals surface area contributed by atoms with Crippen molar-refractivity contribution in [2.75, 3.05) is 5.32 Å². The molecule has 0 saturated carbocycles. The van der Waals surface area contributed by atoms with Crippen LogP contribution in [0.15, 0.2) is 24.3 Å². The number of hydrogen-bond acceptors (Lipinski definition) is 5. The molecule has 0 aromatic heterocycles. The summed E-state index contributed by atoms with van der Waals surface area (Å²) in [5.74, 6) is -1.73. The maximum absolute atomic E-state index is 11.8. The van der Waals surface area contributed by atoms with Gasteiger partial charge in [-0.05, 0) is 18.2 Å². The van der Waals surface area contributed by atoms with E-state index in [2.05, 4.69) is 10.6 Å². The van der Waals surface area contributed by atoms with Crippen molar-refractivity contribution in [1.82, 2.24) is 5.32 Å². The molecule has 0 aliphatic carbocycles. The smallest absolute Gasteiger partial charge is 0.335 e. The van der Waals surface area contributed by atoms with Gasteiger partial charge in [-0.3, -0.25) is 9.59 Å². The van der Waals surface area contributed by atoms with Crippen molar-refractivity contribution < 1.29 is 19.5 Å². The van der Waals surface area contributed by atoms with E-state index in [0.717, 1.165) is 11.8 Å². The third-order valence-electron chi connectivity index (χ3n) is 2.53. The molecule has 1 heterocycles. The molecule has 2 rings (SSSR count). The summed E-state index contributed by atoms with van der Waals surface area (Å²) in [6.45, 7) is 0. The number of thioether (sulfide) groups is 1. The fourth-order valence-electron chi connectivity index (χ4n) is 1.64. The van der Waals surface area contributed by atoms with Gasteiger partial charge in [-0.25, -0.2) is 4.79 Å². The molecule has 0 spiro atoms. The lowest BCUT2D eigenvalue weighted by molar-refractivity contribution is -0.122. The summed E-state index contributed by atoms with van der Waals surface area (Å²) in [5.41, 5.74) is 0.456. The molecule has 1 atom stereocenters. The molecule has 1 aliphatic rings. The second kappa shape index (κ2) is 6.02. The van der Waals surface area contributed by atoms with E-state index in [4.69, 9.17) is 17.3 Å². The van der Waals surface area contributed by atoms with Gasteiger partial charge in [-0.2, -0.15) is 0 Å². The average Bonchev–Trinajstić information content (AvgIpc) is 2.67. The van der Waals surface area contributed by atoms with Crippen LogP contribution in [0.3, 0.4) is 0 Å². The number of carboxylic acids is 1. The Hall–Kier alpha value is -1.93. The first-order valence-electron chi connectivity index (χ1n) is 5.60. The van der Waals surface area contributed by atoms with Crippen LogP contribution in [0, 0.1) is 0 Å². The van der Waals surface area contributed by atoms with Crippen LogP contribution in [-0.2, 0) is 9.59 Å². The third-order valence-corrected chi connectivity index (χ3v) is 3.90. The Morgan fingerprint density at radius 1 is 1.45 bits per heavy atom. The maximum Gasteiger partial charge on any atom is 0.335 e. The number of aromatic carboxylic acids is 1. The van der Waals surface area contributed by atoms with Crippen molar-refractivity contribution in [3.05, 3.63) is 29.8 Å². The minimum absolute atomic E-state index is 0.0199. The van der Waals surface area contributed by atoms with Gasteiger partial charge in [0.1, 0.15) is 4.32 Å². The molecule has 1 aliphatic heterocycles. The monoisotopic (exact) mass is 310 g/mol. The van der Waals surface area contributed by atoms with E-state index in [-0.39, 0.29) is 23.8 Å². The number of thiocarbonyl (C=S) groups is 1. The lowest BCUT2D eigenvalue weighted by Gasteiger charge is -2.08. The minimum Gasteiger partial charge on any atom is -0.478 e. The zero-order chi connectivity index (χ0) is 14.7. The number of anilines is 1. The van der Waals surface area contributed by atoms with Crippen LogP contribution >= 0.6 is 24.0 Å². The van der Waals surface area contributed by atoms with Gasteiger partial charge in [0.25, 0.3) is 0 Å². The van der Waals surface area contributed by atoms with E-state index in [9.17, 15) is 14.4 Å². The van der Waals surface area contributed by atoms with Crippen molar-refractivity contribution in [2.45, 2.75) is 11.7 Å². The Morgan fingerprint density at radius 2 is 2.20 bits per heavy atom. The van der Waals surface area contributed by atoms with Gasteiger partial charge in [0, 0.05) is 12.1 Å². The molecule has 1 saturated heterocycles. The highest BCUT2D eigenvalue weighted by molar-refractivity contribution is 8.24. The molecule has 1 aromatic carbocycles. The topological polar surface area (TPSA) is 95.5 Å². The van der Waals surface area contributed by atoms with Gasteiger partial charge < -0.3 is 15.7 Å². The van der Waals surface area contributed by atoms with Crippen LogP contribution in [0.1, 0.15) is 16.8 Å². The number of amides is 2. The zero-order valence-electron chi connectivity index (χ0n) is 10.1. The van der Waals surface area contributed by atoms with Crippen molar-refractivity contribution in [3.63, 3.8) is 0 Å². The Balaban J connectivity index is 1.98. The predicted octanol–water partition coefficient (Wildman–Crippen LogP) is 1.23. The zero-order valence-corrected chi connectivity index (χ0v) is 11.7. The first-order chi connectivity index (χ1) is 9.45. The first-order valence-corrected chi connectivity index (χ1v) is 6.89. The van der Waals surface area contributed by atoms with E-state index in [1.165, 1.54) is 18.2 Å². The lowest BCUT2D eigenvalue weighted by Crippen LogP contribution is -2.27. The van der Waals surface area contributed by atoms with E-state index in [0.29, 0.717) is 10.0 Å². The molecule has 1 aromatic rings. The van der Waals surface area contributed by atoms with Gasteiger partial charge >= 0.3 is 5.97 Å². The maximum atomic E-state index is 11.8.